The van der Waals surface area contributed by atoms with Gasteiger partial charge in [-0.1, -0.05) is 13.8 Å². The van der Waals surface area contributed by atoms with Crippen LogP contribution in [0.15, 0.2) is 0 Å². The summed E-state index contributed by atoms with van der Waals surface area (Å²) in [6.07, 6.45) is 2.41. The molecule has 4 heteroatoms. The van der Waals surface area contributed by atoms with Crippen molar-refractivity contribution in [3.63, 3.8) is 0 Å². The Morgan fingerprint density at radius 1 is 1.35 bits per heavy atom. The molecule has 0 aromatic carbocycles. The highest BCUT2D eigenvalue weighted by molar-refractivity contribution is 5.56. The van der Waals surface area contributed by atoms with Gasteiger partial charge in [0, 0.05) is 25.1 Å². The van der Waals surface area contributed by atoms with Crippen LogP contribution in [0.5, 0.6) is 0 Å². The van der Waals surface area contributed by atoms with Gasteiger partial charge in [0.15, 0.2) is 0 Å². The molecule has 94 valence electrons. The molecular weight excluding hydrogens is 212 g/mol. The predicted octanol–water partition coefficient (Wildman–Crippen LogP) is 2.34. The van der Waals surface area contributed by atoms with Crippen LogP contribution in [0.25, 0.3) is 0 Å². The van der Waals surface area contributed by atoms with E-state index in [4.69, 9.17) is 5.73 Å². The Morgan fingerprint density at radius 3 is 2.53 bits per heavy atom. The van der Waals surface area contributed by atoms with Gasteiger partial charge in [0.25, 0.3) is 0 Å². The average molecular weight is 234 g/mol. The molecule has 1 saturated carbocycles. The lowest BCUT2D eigenvalue weighted by Crippen LogP contribution is -2.25. The second-order valence-corrected chi connectivity index (χ2v) is 5.46. The minimum absolute atomic E-state index is 0.545. The van der Waals surface area contributed by atoms with Crippen LogP contribution in [0.2, 0.25) is 0 Å². The minimum atomic E-state index is 0.545. The first-order valence-corrected chi connectivity index (χ1v) is 6.34. The van der Waals surface area contributed by atoms with Crippen molar-refractivity contribution in [1.29, 1.82) is 0 Å². The number of nitrogens with zero attached hydrogens (tertiary/aromatic N) is 3. The van der Waals surface area contributed by atoms with Gasteiger partial charge in [0.1, 0.15) is 17.5 Å². The van der Waals surface area contributed by atoms with Gasteiger partial charge >= 0.3 is 0 Å². The Morgan fingerprint density at radius 2 is 2.00 bits per heavy atom. The summed E-state index contributed by atoms with van der Waals surface area (Å²) in [6.45, 7) is 7.40. The topological polar surface area (TPSA) is 55.0 Å². The Labute approximate surface area is 103 Å². The van der Waals surface area contributed by atoms with Crippen molar-refractivity contribution in [1.82, 2.24) is 9.97 Å². The molecule has 1 aliphatic carbocycles. The zero-order chi connectivity index (χ0) is 12.6. The van der Waals surface area contributed by atoms with Crippen LogP contribution >= 0.6 is 0 Å². The number of hydrogen-bond donors (Lipinski definition) is 1. The van der Waals surface area contributed by atoms with Crippen molar-refractivity contribution in [3.05, 3.63) is 11.4 Å². The van der Waals surface area contributed by atoms with Gasteiger partial charge in [-0.15, -0.1) is 0 Å². The van der Waals surface area contributed by atoms with Crippen LogP contribution in [0.3, 0.4) is 0 Å². The Kier molecular flexibility index (Phi) is 3.22. The second-order valence-electron chi connectivity index (χ2n) is 5.46. The Bertz CT molecular complexity index is 410. The highest BCUT2D eigenvalue weighted by Crippen LogP contribution is 2.39. The van der Waals surface area contributed by atoms with Crippen molar-refractivity contribution in [3.8, 4) is 0 Å². The largest absolute Gasteiger partial charge is 0.383 e. The zero-order valence-electron chi connectivity index (χ0n) is 11.2. The SMILES string of the molecule is Cc1c(N)nc(C2CC2)nc1N(C)CC(C)C. The predicted molar refractivity (Wildman–Crippen MR) is 71.3 cm³/mol. The maximum Gasteiger partial charge on any atom is 0.137 e. The molecule has 1 aromatic rings. The Hall–Kier alpha value is -1.32. The Balaban J connectivity index is 2.30. The molecule has 0 radical (unpaired) electrons. The highest BCUT2D eigenvalue weighted by Gasteiger charge is 2.28. The molecule has 1 aromatic heterocycles. The molecule has 0 saturated heterocycles. The first-order chi connectivity index (χ1) is 7.99. The first-order valence-electron chi connectivity index (χ1n) is 6.34. The molecule has 1 fully saturated rings. The van der Waals surface area contributed by atoms with Gasteiger partial charge in [0.05, 0.1) is 0 Å². The summed E-state index contributed by atoms with van der Waals surface area (Å²) >= 11 is 0. The molecule has 0 amide bonds. The van der Waals surface area contributed by atoms with Gasteiger partial charge in [-0.25, -0.2) is 9.97 Å². The average Bonchev–Trinajstić information content (AvgIpc) is 3.04. The van der Waals surface area contributed by atoms with Crippen LogP contribution in [-0.2, 0) is 0 Å². The van der Waals surface area contributed by atoms with Crippen molar-refractivity contribution in [2.45, 2.75) is 39.5 Å². The fraction of sp³-hybridized carbons (Fsp3) is 0.692. The maximum absolute atomic E-state index is 5.98. The number of nitrogen functional groups attached to an aromatic ring is 1. The van der Waals surface area contributed by atoms with E-state index in [1.54, 1.807) is 0 Å². The normalized spacial score (nSPS) is 15.4. The summed E-state index contributed by atoms with van der Waals surface area (Å²) in [6, 6.07) is 0. The number of hydrogen-bond acceptors (Lipinski definition) is 4. The molecule has 0 unspecified atom stereocenters. The molecule has 0 aliphatic heterocycles. The van der Waals surface area contributed by atoms with Gasteiger partial charge < -0.3 is 10.6 Å². The molecule has 0 bridgehead atoms. The summed E-state index contributed by atoms with van der Waals surface area (Å²) in [5, 5.41) is 0. The van der Waals surface area contributed by atoms with Crippen LogP contribution in [0, 0.1) is 12.8 Å². The number of anilines is 2. The first kappa shape index (κ1) is 12.1. The lowest BCUT2D eigenvalue weighted by molar-refractivity contribution is 0.632. The van der Waals surface area contributed by atoms with Crippen LogP contribution in [0.1, 0.15) is 44.0 Å². The fourth-order valence-electron chi connectivity index (χ4n) is 2.07. The standard InChI is InChI=1S/C13H22N4/c1-8(2)7-17(4)13-9(3)11(14)15-12(16-13)10-5-6-10/h8,10H,5-7H2,1-4H3,(H2,14,15,16). The van der Waals surface area contributed by atoms with E-state index >= 15 is 0 Å². The van der Waals surface area contributed by atoms with E-state index in [0.717, 1.165) is 23.8 Å². The van der Waals surface area contributed by atoms with Gasteiger partial charge in [-0.05, 0) is 25.7 Å². The van der Waals surface area contributed by atoms with Crippen molar-refractivity contribution < 1.29 is 0 Å². The maximum atomic E-state index is 5.98. The molecule has 1 heterocycles. The summed E-state index contributed by atoms with van der Waals surface area (Å²) in [5.74, 6) is 3.71. The molecular formula is C13H22N4. The summed E-state index contributed by atoms with van der Waals surface area (Å²) in [7, 11) is 2.07. The van der Waals surface area contributed by atoms with Crippen molar-refractivity contribution >= 4 is 11.6 Å². The third-order valence-electron chi connectivity index (χ3n) is 3.12. The molecule has 4 nitrogen and oxygen atoms in total. The molecule has 2 N–H and O–H groups in total. The lowest BCUT2D eigenvalue weighted by atomic mass is 10.2. The number of aromatic nitrogens is 2. The second kappa shape index (κ2) is 4.51. The van der Waals surface area contributed by atoms with E-state index in [9.17, 15) is 0 Å². The summed E-state index contributed by atoms with van der Waals surface area (Å²) in [5.41, 5.74) is 6.98. The van der Waals surface area contributed by atoms with Gasteiger partial charge in [-0.2, -0.15) is 0 Å². The van der Waals surface area contributed by atoms with Gasteiger partial charge in [0.2, 0.25) is 0 Å². The smallest absolute Gasteiger partial charge is 0.137 e. The minimum Gasteiger partial charge on any atom is -0.383 e. The quantitative estimate of drug-likeness (QED) is 0.868. The van der Waals surface area contributed by atoms with Crippen LogP contribution in [0.4, 0.5) is 11.6 Å². The third kappa shape index (κ3) is 2.68. The van der Waals surface area contributed by atoms with E-state index in [1.165, 1.54) is 12.8 Å². The summed E-state index contributed by atoms with van der Waals surface area (Å²) < 4.78 is 0. The molecule has 0 spiro atoms. The lowest BCUT2D eigenvalue weighted by Gasteiger charge is -2.23. The van der Waals surface area contributed by atoms with Crippen molar-refractivity contribution in [2.24, 2.45) is 5.92 Å². The molecule has 17 heavy (non-hydrogen) atoms. The molecule has 1 aliphatic rings. The van der Waals surface area contributed by atoms with E-state index in [0.29, 0.717) is 17.7 Å². The third-order valence-corrected chi connectivity index (χ3v) is 3.12. The summed E-state index contributed by atoms with van der Waals surface area (Å²) in [4.78, 5) is 11.3. The molecule has 0 atom stereocenters. The van der Waals surface area contributed by atoms with E-state index in [2.05, 4.69) is 35.8 Å². The van der Waals surface area contributed by atoms with Gasteiger partial charge in [-0.3, -0.25) is 0 Å². The zero-order valence-corrected chi connectivity index (χ0v) is 11.2. The fourth-order valence-corrected chi connectivity index (χ4v) is 2.07. The number of nitrogens with two attached hydrogens (primary N) is 1. The molecule has 2 rings (SSSR count). The van der Waals surface area contributed by atoms with E-state index in [-0.39, 0.29) is 0 Å². The number of rotatable bonds is 4. The van der Waals surface area contributed by atoms with Crippen molar-refractivity contribution in [2.75, 3.05) is 24.2 Å². The van der Waals surface area contributed by atoms with Crippen LogP contribution in [-0.4, -0.2) is 23.6 Å². The monoisotopic (exact) mass is 234 g/mol. The van der Waals surface area contributed by atoms with Crippen LogP contribution < -0.4 is 10.6 Å². The highest BCUT2D eigenvalue weighted by atomic mass is 15.2. The van der Waals surface area contributed by atoms with E-state index in [1.807, 2.05) is 6.92 Å². The van der Waals surface area contributed by atoms with E-state index < -0.39 is 0 Å².